The molecule has 2 unspecified atom stereocenters. The lowest BCUT2D eigenvalue weighted by Crippen LogP contribution is -2.59. The predicted molar refractivity (Wildman–Crippen MR) is 140 cm³/mol. The molecule has 0 saturated heterocycles. The highest BCUT2D eigenvalue weighted by atomic mass is 35.5. The SMILES string of the molecule is O=C(NC1NC(c2ccccc2)(c2cccc(Cl)c2)c2ccccc2NC1=O)c1ccccc1[N+](=O)[O-]. The van der Waals surface area contributed by atoms with E-state index in [0.717, 1.165) is 16.7 Å². The highest BCUT2D eigenvalue weighted by Gasteiger charge is 2.44. The van der Waals surface area contributed by atoms with Crippen molar-refractivity contribution >= 4 is 34.8 Å². The topological polar surface area (TPSA) is 113 Å². The molecule has 0 aliphatic carbocycles. The van der Waals surface area contributed by atoms with E-state index in [-0.39, 0.29) is 11.3 Å². The van der Waals surface area contributed by atoms with Gasteiger partial charge in [-0.25, -0.2) is 0 Å². The molecule has 1 aliphatic heterocycles. The first-order chi connectivity index (χ1) is 17.9. The van der Waals surface area contributed by atoms with E-state index in [1.807, 2.05) is 54.6 Å². The summed E-state index contributed by atoms with van der Waals surface area (Å²) >= 11 is 6.41. The Bertz CT molecular complexity index is 1510. The Morgan fingerprint density at radius 3 is 2.32 bits per heavy atom. The molecule has 0 aromatic heterocycles. The van der Waals surface area contributed by atoms with E-state index in [9.17, 15) is 19.7 Å². The van der Waals surface area contributed by atoms with Gasteiger partial charge < -0.3 is 10.6 Å². The molecular weight excluding hydrogens is 492 g/mol. The maximum atomic E-state index is 13.4. The third-order valence-electron chi connectivity index (χ3n) is 6.30. The molecule has 37 heavy (non-hydrogen) atoms. The van der Waals surface area contributed by atoms with Gasteiger partial charge in [-0.05, 0) is 35.4 Å². The summed E-state index contributed by atoms with van der Waals surface area (Å²) in [4.78, 5) is 37.6. The van der Waals surface area contributed by atoms with E-state index in [1.54, 1.807) is 24.3 Å². The average molecular weight is 513 g/mol. The molecular formula is C28H21ClN4O4. The Hall–Kier alpha value is -4.53. The number of nitrogens with zero attached hydrogens (tertiary/aromatic N) is 1. The molecule has 0 fully saturated rings. The van der Waals surface area contributed by atoms with Gasteiger partial charge in [-0.2, -0.15) is 0 Å². The van der Waals surface area contributed by atoms with Gasteiger partial charge in [0, 0.05) is 22.3 Å². The number of carbonyl (C=O) groups is 2. The fourth-order valence-corrected chi connectivity index (χ4v) is 4.86. The van der Waals surface area contributed by atoms with Gasteiger partial charge in [-0.1, -0.05) is 84.4 Å². The summed E-state index contributed by atoms with van der Waals surface area (Å²) in [6.45, 7) is 0. The van der Waals surface area contributed by atoms with E-state index in [1.165, 1.54) is 24.3 Å². The number of carbonyl (C=O) groups excluding carboxylic acids is 2. The Morgan fingerprint density at radius 1 is 0.892 bits per heavy atom. The lowest BCUT2D eigenvalue weighted by atomic mass is 9.76. The van der Waals surface area contributed by atoms with Crippen molar-refractivity contribution in [1.29, 1.82) is 0 Å². The van der Waals surface area contributed by atoms with Gasteiger partial charge in [-0.15, -0.1) is 0 Å². The highest BCUT2D eigenvalue weighted by molar-refractivity contribution is 6.30. The van der Waals surface area contributed by atoms with Crippen LogP contribution in [0, 0.1) is 10.1 Å². The Labute approximate surface area is 217 Å². The number of anilines is 1. The van der Waals surface area contributed by atoms with Crippen LogP contribution in [-0.2, 0) is 10.3 Å². The van der Waals surface area contributed by atoms with Gasteiger partial charge in [0.1, 0.15) is 5.56 Å². The first-order valence-corrected chi connectivity index (χ1v) is 11.8. The summed E-state index contributed by atoms with van der Waals surface area (Å²) in [6.07, 6.45) is -1.26. The minimum Gasteiger partial charge on any atom is -0.328 e. The van der Waals surface area contributed by atoms with E-state index < -0.39 is 28.4 Å². The molecule has 2 amide bonds. The second-order valence-electron chi connectivity index (χ2n) is 8.49. The van der Waals surface area contributed by atoms with Crippen LogP contribution in [0.2, 0.25) is 5.02 Å². The molecule has 4 aromatic rings. The highest BCUT2D eigenvalue weighted by Crippen LogP contribution is 2.42. The van der Waals surface area contributed by atoms with Crippen molar-refractivity contribution in [3.05, 3.63) is 141 Å². The normalized spacial score (nSPS) is 18.7. The number of halogens is 1. The van der Waals surface area contributed by atoms with Crippen LogP contribution >= 0.6 is 11.6 Å². The van der Waals surface area contributed by atoms with Gasteiger partial charge >= 0.3 is 0 Å². The zero-order valence-electron chi connectivity index (χ0n) is 19.4. The molecule has 2 atom stereocenters. The predicted octanol–water partition coefficient (Wildman–Crippen LogP) is 4.84. The third kappa shape index (κ3) is 4.44. The molecule has 9 heteroatoms. The van der Waals surface area contributed by atoms with Crippen molar-refractivity contribution in [3.8, 4) is 0 Å². The van der Waals surface area contributed by atoms with E-state index in [4.69, 9.17) is 11.6 Å². The van der Waals surface area contributed by atoms with Crippen LogP contribution in [0.15, 0.2) is 103 Å². The summed E-state index contributed by atoms with van der Waals surface area (Å²) in [5, 5.41) is 20.9. The zero-order chi connectivity index (χ0) is 26.0. The first-order valence-electron chi connectivity index (χ1n) is 11.4. The van der Waals surface area contributed by atoms with Crippen LogP contribution in [0.5, 0.6) is 0 Å². The molecule has 184 valence electrons. The summed E-state index contributed by atoms with van der Waals surface area (Å²) in [5.41, 5.74) is 1.18. The summed E-state index contributed by atoms with van der Waals surface area (Å²) in [6, 6.07) is 29.7. The monoisotopic (exact) mass is 512 g/mol. The molecule has 0 bridgehead atoms. The lowest BCUT2D eigenvalue weighted by molar-refractivity contribution is -0.385. The van der Waals surface area contributed by atoms with Crippen molar-refractivity contribution in [2.75, 3.05) is 5.32 Å². The van der Waals surface area contributed by atoms with Crippen LogP contribution in [-0.4, -0.2) is 22.9 Å². The number of nitro benzene ring substituents is 1. The van der Waals surface area contributed by atoms with Gasteiger partial charge in [-0.3, -0.25) is 25.0 Å². The summed E-state index contributed by atoms with van der Waals surface area (Å²) in [5.74, 6) is -1.29. The van der Waals surface area contributed by atoms with Gasteiger partial charge in [0.25, 0.3) is 17.5 Å². The Balaban J connectivity index is 1.68. The molecule has 5 rings (SSSR count). The Morgan fingerprint density at radius 2 is 1.57 bits per heavy atom. The van der Waals surface area contributed by atoms with Crippen LogP contribution < -0.4 is 16.0 Å². The van der Waals surface area contributed by atoms with Crippen molar-refractivity contribution in [3.63, 3.8) is 0 Å². The molecule has 0 saturated carbocycles. The second kappa shape index (κ2) is 9.85. The molecule has 0 spiro atoms. The summed E-state index contributed by atoms with van der Waals surface area (Å²) in [7, 11) is 0. The minimum absolute atomic E-state index is 0.156. The number of para-hydroxylation sites is 2. The standard InChI is InChI=1S/C28H21ClN4O4/c29-20-12-8-11-19(17-20)28(18-9-2-1-3-10-18)22-14-5-6-15-23(22)30-27(35)25(32-28)31-26(34)21-13-4-7-16-24(21)33(36)37/h1-17,25,32H,(H,30,35)(H,31,34). The van der Waals surface area contributed by atoms with Gasteiger partial charge in [0.05, 0.1) is 10.5 Å². The van der Waals surface area contributed by atoms with Crippen LogP contribution in [0.3, 0.4) is 0 Å². The molecule has 1 heterocycles. The van der Waals surface area contributed by atoms with Gasteiger partial charge in [0.15, 0.2) is 6.17 Å². The van der Waals surface area contributed by atoms with E-state index in [0.29, 0.717) is 10.7 Å². The van der Waals surface area contributed by atoms with E-state index in [2.05, 4.69) is 16.0 Å². The fraction of sp³-hybridized carbons (Fsp3) is 0.0714. The number of benzene rings is 4. The minimum atomic E-state index is -1.26. The number of amides is 2. The Kier molecular flexibility index (Phi) is 6.43. The largest absolute Gasteiger partial charge is 0.328 e. The molecule has 3 N–H and O–H groups in total. The van der Waals surface area contributed by atoms with Crippen molar-refractivity contribution < 1.29 is 14.5 Å². The van der Waals surface area contributed by atoms with Crippen molar-refractivity contribution in [2.24, 2.45) is 0 Å². The number of fused-ring (bicyclic) bond motifs is 1. The molecule has 8 nitrogen and oxygen atoms in total. The maximum Gasteiger partial charge on any atom is 0.282 e. The van der Waals surface area contributed by atoms with Crippen molar-refractivity contribution in [1.82, 2.24) is 10.6 Å². The number of rotatable bonds is 5. The second-order valence-corrected chi connectivity index (χ2v) is 8.92. The molecule has 4 aromatic carbocycles. The molecule has 1 aliphatic rings. The lowest BCUT2D eigenvalue weighted by Gasteiger charge is -2.38. The smallest absolute Gasteiger partial charge is 0.282 e. The maximum absolute atomic E-state index is 13.4. The number of hydrogen-bond acceptors (Lipinski definition) is 5. The van der Waals surface area contributed by atoms with Gasteiger partial charge in [0.2, 0.25) is 0 Å². The van der Waals surface area contributed by atoms with Crippen molar-refractivity contribution in [2.45, 2.75) is 11.7 Å². The van der Waals surface area contributed by atoms with Crippen LogP contribution in [0.1, 0.15) is 27.0 Å². The first kappa shape index (κ1) is 24.2. The number of nitro groups is 1. The summed E-state index contributed by atoms with van der Waals surface area (Å²) < 4.78 is 0. The third-order valence-corrected chi connectivity index (χ3v) is 6.53. The number of nitrogens with one attached hydrogen (secondary N) is 3. The van der Waals surface area contributed by atoms with E-state index >= 15 is 0 Å². The van der Waals surface area contributed by atoms with Crippen LogP contribution in [0.25, 0.3) is 0 Å². The quantitative estimate of drug-likeness (QED) is 0.261. The number of hydrogen-bond donors (Lipinski definition) is 3. The average Bonchev–Trinajstić information content (AvgIpc) is 3.03. The molecule has 0 radical (unpaired) electrons. The van der Waals surface area contributed by atoms with Crippen LogP contribution in [0.4, 0.5) is 11.4 Å². The fourth-order valence-electron chi connectivity index (χ4n) is 4.67. The zero-order valence-corrected chi connectivity index (χ0v) is 20.1.